The van der Waals surface area contributed by atoms with E-state index in [0.717, 1.165) is 0 Å². The first-order valence-corrected chi connectivity index (χ1v) is 16.3. The van der Waals surface area contributed by atoms with Crippen molar-refractivity contribution in [3.63, 3.8) is 0 Å². The van der Waals surface area contributed by atoms with Crippen molar-refractivity contribution in [2.45, 2.75) is 121 Å². The molecule has 0 aromatic heterocycles. The van der Waals surface area contributed by atoms with E-state index in [-0.39, 0.29) is 5.54 Å². The van der Waals surface area contributed by atoms with Crippen LogP contribution in [0.4, 0.5) is 0 Å². The molecule has 3 unspecified atom stereocenters. The molecule has 1 aliphatic rings. The molecule has 0 aliphatic carbocycles. The fraction of sp³-hybridized carbons (Fsp3) is 0.487. The zero-order valence-electron chi connectivity index (χ0n) is 25.4. The minimum Gasteiger partial charge on any atom is -0.277 e. The van der Waals surface area contributed by atoms with Crippen LogP contribution >= 0.6 is 0 Å². The molecule has 1 aliphatic heterocycles. The number of hydrogen-bond acceptors (Lipinski definition) is 1. The lowest BCUT2D eigenvalue weighted by atomic mass is 9.76. The van der Waals surface area contributed by atoms with Crippen molar-refractivity contribution in [3.8, 4) is 0 Å². The first-order chi connectivity index (χ1) is 19.7. The van der Waals surface area contributed by atoms with Crippen molar-refractivity contribution in [1.29, 1.82) is 0 Å². The zero-order valence-corrected chi connectivity index (χ0v) is 25.4. The highest BCUT2D eigenvalue weighted by atomic mass is 15.4. The third-order valence-electron chi connectivity index (χ3n) is 8.99. The van der Waals surface area contributed by atoms with Crippen LogP contribution in [0.2, 0.25) is 0 Å². The molecular formula is C39H53N. The Kier molecular flexibility index (Phi) is 12.1. The Bertz CT molecular complexity index is 1010. The van der Waals surface area contributed by atoms with E-state index < -0.39 is 0 Å². The molecule has 0 amide bonds. The van der Waals surface area contributed by atoms with Crippen LogP contribution in [0.3, 0.4) is 0 Å². The lowest BCUT2D eigenvalue weighted by Gasteiger charge is -2.39. The lowest BCUT2D eigenvalue weighted by Crippen LogP contribution is -2.39. The van der Waals surface area contributed by atoms with E-state index in [4.69, 9.17) is 0 Å². The van der Waals surface area contributed by atoms with Gasteiger partial charge in [0, 0.05) is 12.1 Å². The number of benzene rings is 3. The van der Waals surface area contributed by atoms with Crippen molar-refractivity contribution in [3.05, 3.63) is 120 Å². The van der Waals surface area contributed by atoms with Gasteiger partial charge in [0.15, 0.2) is 0 Å². The summed E-state index contributed by atoms with van der Waals surface area (Å²) in [5, 5.41) is 0. The van der Waals surface area contributed by atoms with Crippen molar-refractivity contribution in [1.82, 2.24) is 4.90 Å². The predicted molar refractivity (Wildman–Crippen MR) is 174 cm³/mol. The van der Waals surface area contributed by atoms with E-state index in [1.165, 1.54) is 112 Å². The third-order valence-corrected chi connectivity index (χ3v) is 8.99. The monoisotopic (exact) mass is 535 g/mol. The highest BCUT2D eigenvalue weighted by Crippen LogP contribution is 2.54. The van der Waals surface area contributed by atoms with Crippen LogP contribution in [0, 0.1) is 0 Å². The predicted octanol–water partition coefficient (Wildman–Crippen LogP) is 11.1. The topological polar surface area (TPSA) is 3.01 Å². The number of nitrogens with zero attached hydrogens (tertiary/aromatic N) is 1. The van der Waals surface area contributed by atoms with E-state index in [9.17, 15) is 0 Å². The Morgan fingerprint density at radius 1 is 0.575 bits per heavy atom. The Labute approximate surface area is 245 Å². The summed E-state index contributed by atoms with van der Waals surface area (Å²) in [6, 6.07) is 35.2. The quantitative estimate of drug-likeness (QED) is 0.0638. The van der Waals surface area contributed by atoms with E-state index >= 15 is 0 Å². The van der Waals surface area contributed by atoms with Crippen molar-refractivity contribution in [2.75, 3.05) is 0 Å². The summed E-state index contributed by atoms with van der Waals surface area (Å²) in [6.45, 7) is 8.54. The second kappa shape index (κ2) is 16.0. The zero-order chi connectivity index (χ0) is 28.0. The Morgan fingerprint density at radius 2 is 0.950 bits per heavy atom. The molecule has 4 rings (SSSR count). The van der Waals surface area contributed by atoms with Gasteiger partial charge in [0.2, 0.25) is 0 Å². The molecule has 1 heteroatoms. The smallest absolute Gasteiger partial charge is 0.0978 e. The second-order valence-electron chi connectivity index (χ2n) is 12.2. The van der Waals surface area contributed by atoms with Crippen molar-refractivity contribution < 1.29 is 0 Å². The van der Waals surface area contributed by atoms with Gasteiger partial charge >= 0.3 is 0 Å². The SMILES string of the molecule is C=C(C)CCCCCCCC1C(CCCCCCCC)N1C(c1ccccc1)(c1ccccc1)c1ccccc1. The maximum Gasteiger partial charge on any atom is 0.0978 e. The average Bonchev–Trinajstić information content (AvgIpc) is 3.68. The Balaban J connectivity index is 1.59. The molecule has 0 N–H and O–H groups in total. The number of unbranched alkanes of at least 4 members (excludes halogenated alkanes) is 9. The molecule has 1 saturated heterocycles. The summed E-state index contributed by atoms with van der Waals surface area (Å²) in [5.74, 6) is 0. The van der Waals surface area contributed by atoms with Gasteiger partial charge in [-0.15, -0.1) is 6.58 Å². The van der Waals surface area contributed by atoms with Gasteiger partial charge in [-0.1, -0.05) is 168 Å². The van der Waals surface area contributed by atoms with Crippen LogP contribution in [0.5, 0.6) is 0 Å². The maximum absolute atomic E-state index is 4.07. The molecule has 40 heavy (non-hydrogen) atoms. The minimum atomic E-state index is -0.261. The minimum absolute atomic E-state index is 0.261. The molecule has 1 nitrogen and oxygen atoms in total. The van der Waals surface area contributed by atoms with Crippen molar-refractivity contribution in [2.24, 2.45) is 0 Å². The fourth-order valence-corrected chi connectivity index (χ4v) is 6.93. The van der Waals surface area contributed by atoms with Crippen molar-refractivity contribution >= 4 is 0 Å². The third kappa shape index (κ3) is 7.76. The van der Waals surface area contributed by atoms with Gasteiger partial charge in [-0.2, -0.15) is 0 Å². The molecule has 214 valence electrons. The largest absolute Gasteiger partial charge is 0.277 e. The fourth-order valence-electron chi connectivity index (χ4n) is 6.93. The molecule has 0 bridgehead atoms. The van der Waals surface area contributed by atoms with Crippen LogP contribution in [0.25, 0.3) is 0 Å². The summed E-state index contributed by atoms with van der Waals surface area (Å²) in [4.78, 5) is 2.92. The Morgan fingerprint density at radius 3 is 1.35 bits per heavy atom. The van der Waals surface area contributed by atoms with Gasteiger partial charge in [-0.05, 0) is 49.3 Å². The molecule has 3 aromatic rings. The van der Waals surface area contributed by atoms with Gasteiger partial charge in [0.25, 0.3) is 0 Å². The molecule has 3 atom stereocenters. The van der Waals surface area contributed by atoms with E-state index in [2.05, 4.69) is 116 Å². The number of rotatable bonds is 19. The molecule has 0 radical (unpaired) electrons. The number of allylic oxidation sites excluding steroid dienone is 1. The molecule has 0 spiro atoms. The van der Waals surface area contributed by atoms with Crippen LogP contribution in [-0.4, -0.2) is 17.0 Å². The lowest BCUT2D eigenvalue weighted by molar-refractivity contribution is 0.291. The summed E-state index contributed by atoms with van der Waals surface area (Å²) < 4.78 is 0. The molecule has 0 saturated carbocycles. The standard InChI is InChI=1S/C39H53N/c1-4-5-6-7-10-22-31-37-38(32-23-11-8-9-15-24-33(2)3)40(37)39(34-25-16-12-17-26-34,35-27-18-13-19-28-35)36-29-20-14-21-30-36/h12-14,16-21,25-30,37-38H,2,4-11,15,22-24,31-32H2,1,3H3. The molecular weight excluding hydrogens is 482 g/mol. The Hall–Kier alpha value is -2.64. The van der Waals surface area contributed by atoms with E-state index in [0.29, 0.717) is 12.1 Å². The summed E-state index contributed by atoms with van der Waals surface area (Å²) in [5.41, 5.74) is 5.24. The average molecular weight is 536 g/mol. The molecule has 1 heterocycles. The van der Waals surface area contributed by atoms with Crippen LogP contribution in [0.1, 0.15) is 120 Å². The summed E-state index contributed by atoms with van der Waals surface area (Å²) >= 11 is 0. The van der Waals surface area contributed by atoms with E-state index in [1.807, 2.05) is 0 Å². The van der Waals surface area contributed by atoms with E-state index in [1.54, 1.807) is 0 Å². The molecule has 3 aromatic carbocycles. The van der Waals surface area contributed by atoms with Crippen LogP contribution in [0.15, 0.2) is 103 Å². The van der Waals surface area contributed by atoms with Gasteiger partial charge in [0.1, 0.15) is 0 Å². The summed E-state index contributed by atoms with van der Waals surface area (Å²) in [7, 11) is 0. The van der Waals surface area contributed by atoms with Gasteiger partial charge in [-0.25, -0.2) is 0 Å². The first kappa shape index (κ1) is 30.3. The van der Waals surface area contributed by atoms with Gasteiger partial charge in [0.05, 0.1) is 5.54 Å². The highest BCUT2D eigenvalue weighted by molar-refractivity contribution is 5.51. The summed E-state index contributed by atoms with van der Waals surface area (Å²) in [6.07, 6.45) is 18.6. The molecule has 1 fully saturated rings. The highest BCUT2D eigenvalue weighted by Gasteiger charge is 2.59. The second-order valence-corrected chi connectivity index (χ2v) is 12.2. The number of hydrogen-bond donors (Lipinski definition) is 0. The van der Waals surface area contributed by atoms with Gasteiger partial charge in [-0.3, -0.25) is 4.90 Å². The van der Waals surface area contributed by atoms with Gasteiger partial charge < -0.3 is 0 Å². The first-order valence-electron chi connectivity index (χ1n) is 16.3. The normalized spacial score (nSPS) is 18.5. The van der Waals surface area contributed by atoms with Crippen LogP contribution < -0.4 is 0 Å². The maximum atomic E-state index is 4.07. The van der Waals surface area contributed by atoms with Crippen LogP contribution in [-0.2, 0) is 5.54 Å².